The molecule has 3 aromatic rings. The molecular formula is C20H19ClF2N4OS. The highest BCUT2D eigenvalue weighted by Gasteiger charge is 2.23. The number of hydrogen-bond donors (Lipinski definition) is 1. The molecule has 5 nitrogen and oxygen atoms in total. The van der Waals surface area contributed by atoms with Crippen molar-refractivity contribution < 1.29 is 13.9 Å². The number of aliphatic hydroxyl groups excluding tert-OH is 1. The van der Waals surface area contributed by atoms with E-state index in [1.807, 2.05) is 22.8 Å². The van der Waals surface area contributed by atoms with E-state index in [4.69, 9.17) is 11.6 Å². The lowest BCUT2D eigenvalue weighted by molar-refractivity contribution is 0.198. The summed E-state index contributed by atoms with van der Waals surface area (Å²) in [5.41, 5.74) is 0.863. The van der Waals surface area contributed by atoms with E-state index < -0.39 is 17.7 Å². The highest BCUT2D eigenvalue weighted by Crippen LogP contribution is 2.32. The van der Waals surface area contributed by atoms with Gasteiger partial charge in [0, 0.05) is 35.5 Å². The van der Waals surface area contributed by atoms with Crippen molar-refractivity contribution in [2.24, 2.45) is 0 Å². The van der Waals surface area contributed by atoms with E-state index >= 15 is 0 Å². The van der Waals surface area contributed by atoms with Crippen molar-refractivity contribution in [1.82, 2.24) is 14.8 Å². The molecule has 0 bridgehead atoms. The molecule has 1 aliphatic heterocycles. The zero-order chi connectivity index (χ0) is 20.4. The number of thioether (sulfide) groups is 1. The van der Waals surface area contributed by atoms with Crippen molar-refractivity contribution in [3.8, 4) is 5.69 Å². The first kappa shape index (κ1) is 20.1. The molecule has 2 aromatic carbocycles. The standard InChI is InChI=1S/C20H19ClF2N4OS/c21-13-4-3-5-15(10-13)27-19(26-8-1-2-9-26)24-25-20(27)29-12-18(28)16-7-6-14(22)11-17(16)23/h3-7,10-11,18,28H,1-2,8-9,12H2. The third-order valence-corrected chi connectivity index (χ3v) is 6.00. The van der Waals surface area contributed by atoms with Crippen molar-refractivity contribution in [1.29, 1.82) is 0 Å². The average Bonchev–Trinajstić information content (AvgIpc) is 3.35. The first-order valence-corrected chi connectivity index (χ1v) is 10.6. The maximum Gasteiger partial charge on any atom is 0.232 e. The van der Waals surface area contributed by atoms with Gasteiger partial charge in [-0.15, -0.1) is 10.2 Å². The predicted molar refractivity (Wildman–Crippen MR) is 110 cm³/mol. The summed E-state index contributed by atoms with van der Waals surface area (Å²) in [6.45, 7) is 1.79. The van der Waals surface area contributed by atoms with Crippen LogP contribution in [-0.2, 0) is 0 Å². The molecule has 0 aliphatic carbocycles. The fraction of sp³-hybridized carbons (Fsp3) is 0.300. The van der Waals surface area contributed by atoms with Crippen molar-refractivity contribution in [3.63, 3.8) is 0 Å². The molecular weight excluding hydrogens is 418 g/mol. The van der Waals surface area contributed by atoms with Crippen LogP contribution in [0.5, 0.6) is 0 Å². The van der Waals surface area contributed by atoms with Gasteiger partial charge in [0.05, 0.1) is 11.8 Å². The Morgan fingerprint density at radius 2 is 1.90 bits per heavy atom. The molecule has 0 spiro atoms. The van der Waals surface area contributed by atoms with E-state index in [0.29, 0.717) is 10.2 Å². The van der Waals surface area contributed by atoms with Gasteiger partial charge in [0.1, 0.15) is 11.6 Å². The summed E-state index contributed by atoms with van der Waals surface area (Å²) in [4.78, 5) is 2.16. The molecule has 1 fully saturated rings. The fourth-order valence-electron chi connectivity index (χ4n) is 3.33. The molecule has 0 saturated carbocycles. The fourth-order valence-corrected chi connectivity index (χ4v) is 4.42. The molecule has 1 N–H and O–H groups in total. The van der Waals surface area contributed by atoms with Gasteiger partial charge >= 0.3 is 0 Å². The van der Waals surface area contributed by atoms with Gasteiger partial charge in [-0.05, 0) is 37.1 Å². The van der Waals surface area contributed by atoms with Crippen LogP contribution in [-0.4, -0.2) is 38.7 Å². The minimum atomic E-state index is -1.11. The molecule has 2 heterocycles. The van der Waals surface area contributed by atoms with E-state index in [9.17, 15) is 13.9 Å². The monoisotopic (exact) mass is 436 g/mol. The molecule has 1 aromatic heterocycles. The smallest absolute Gasteiger partial charge is 0.232 e. The number of benzene rings is 2. The van der Waals surface area contributed by atoms with Gasteiger partial charge in [-0.2, -0.15) is 0 Å². The Labute approximate surface area is 176 Å². The lowest BCUT2D eigenvalue weighted by Crippen LogP contribution is -2.22. The number of anilines is 1. The van der Waals surface area contributed by atoms with Gasteiger partial charge in [-0.1, -0.05) is 35.5 Å². The molecule has 0 amide bonds. The summed E-state index contributed by atoms with van der Waals surface area (Å²) in [7, 11) is 0. The molecule has 1 saturated heterocycles. The van der Waals surface area contributed by atoms with Crippen LogP contribution in [0.2, 0.25) is 5.02 Å². The largest absolute Gasteiger partial charge is 0.387 e. The highest BCUT2D eigenvalue weighted by atomic mass is 35.5. The van der Waals surface area contributed by atoms with Gasteiger partial charge in [-0.25, -0.2) is 8.78 Å². The summed E-state index contributed by atoms with van der Waals surface area (Å²) < 4.78 is 29.0. The number of hydrogen-bond acceptors (Lipinski definition) is 5. The molecule has 152 valence electrons. The maximum atomic E-state index is 14.0. The van der Waals surface area contributed by atoms with Crippen LogP contribution in [0.4, 0.5) is 14.7 Å². The Morgan fingerprint density at radius 3 is 2.62 bits per heavy atom. The van der Waals surface area contributed by atoms with Crippen molar-refractivity contribution >= 4 is 29.3 Å². The van der Waals surface area contributed by atoms with Crippen LogP contribution in [0.1, 0.15) is 24.5 Å². The molecule has 1 aliphatic rings. The zero-order valence-corrected chi connectivity index (χ0v) is 17.0. The van der Waals surface area contributed by atoms with Crippen LogP contribution >= 0.6 is 23.4 Å². The summed E-state index contributed by atoms with van der Waals surface area (Å²) >= 11 is 7.43. The first-order chi connectivity index (χ1) is 14.0. The van der Waals surface area contributed by atoms with Gasteiger partial charge in [0.2, 0.25) is 5.95 Å². The summed E-state index contributed by atoms with van der Waals surface area (Å²) in [6, 6.07) is 10.5. The van der Waals surface area contributed by atoms with Gasteiger partial charge in [0.15, 0.2) is 5.16 Å². The minimum Gasteiger partial charge on any atom is -0.387 e. The molecule has 0 radical (unpaired) electrons. The number of aromatic nitrogens is 3. The number of aliphatic hydroxyl groups is 1. The molecule has 29 heavy (non-hydrogen) atoms. The van der Waals surface area contributed by atoms with E-state index in [1.54, 1.807) is 6.07 Å². The highest BCUT2D eigenvalue weighted by molar-refractivity contribution is 7.99. The second-order valence-corrected chi connectivity index (χ2v) is 8.21. The number of rotatable bonds is 6. The minimum absolute atomic E-state index is 0.0486. The van der Waals surface area contributed by atoms with Gasteiger partial charge in [-0.3, -0.25) is 4.57 Å². The Balaban J connectivity index is 1.61. The molecule has 1 unspecified atom stereocenters. The van der Waals surface area contributed by atoms with Crippen LogP contribution < -0.4 is 4.90 Å². The van der Waals surface area contributed by atoms with Crippen LogP contribution in [0, 0.1) is 11.6 Å². The number of nitrogens with zero attached hydrogens (tertiary/aromatic N) is 4. The van der Waals surface area contributed by atoms with Crippen LogP contribution in [0.15, 0.2) is 47.6 Å². The predicted octanol–water partition coefficient (Wildman–Crippen LogP) is 4.62. The van der Waals surface area contributed by atoms with Crippen molar-refractivity contribution in [2.75, 3.05) is 23.7 Å². The quantitative estimate of drug-likeness (QED) is 0.571. The Kier molecular flexibility index (Phi) is 6.03. The second kappa shape index (κ2) is 8.69. The van der Waals surface area contributed by atoms with Gasteiger partial charge < -0.3 is 10.0 Å². The van der Waals surface area contributed by atoms with Crippen LogP contribution in [0.25, 0.3) is 5.69 Å². The Morgan fingerprint density at radius 1 is 1.10 bits per heavy atom. The summed E-state index contributed by atoms with van der Waals surface area (Å²) in [5, 5.41) is 20.2. The van der Waals surface area contributed by atoms with E-state index in [1.165, 1.54) is 17.8 Å². The lowest BCUT2D eigenvalue weighted by Gasteiger charge is -2.19. The third kappa shape index (κ3) is 4.39. The molecule has 4 rings (SSSR count). The van der Waals surface area contributed by atoms with Crippen molar-refractivity contribution in [3.05, 3.63) is 64.7 Å². The number of halogens is 3. The second-order valence-electron chi connectivity index (χ2n) is 6.78. The average molecular weight is 437 g/mol. The van der Waals surface area contributed by atoms with Crippen molar-refractivity contribution in [2.45, 2.75) is 24.1 Å². The Hall–Kier alpha value is -2.16. The van der Waals surface area contributed by atoms with Gasteiger partial charge in [0.25, 0.3) is 0 Å². The normalized spacial score (nSPS) is 15.1. The topological polar surface area (TPSA) is 54.2 Å². The Bertz CT molecular complexity index is 1010. The molecule has 9 heteroatoms. The summed E-state index contributed by atoms with van der Waals surface area (Å²) in [5.74, 6) is -0.592. The van der Waals surface area contributed by atoms with E-state index in [0.717, 1.165) is 49.7 Å². The van der Waals surface area contributed by atoms with Crippen LogP contribution in [0.3, 0.4) is 0 Å². The SMILES string of the molecule is OC(CSc1nnc(N2CCCC2)n1-c1cccc(Cl)c1)c1ccc(F)cc1F. The van der Waals surface area contributed by atoms with E-state index in [2.05, 4.69) is 15.1 Å². The zero-order valence-electron chi connectivity index (χ0n) is 15.4. The van der Waals surface area contributed by atoms with E-state index in [-0.39, 0.29) is 11.3 Å². The lowest BCUT2D eigenvalue weighted by atomic mass is 10.1. The first-order valence-electron chi connectivity index (χ1n) is 9.25. The maximum absolute atomic E-state index is 14.0. The summed E-state index contributed by atoms with van der Waals surface area (Å²) in [6.07, 6.45) is 1.07. The molecule has 1 atom stereocenters. The third-order valence-electron chi connectivity index (χ3n) is 4.76.